The van der Waals surface area contributed by atoms with Gasteiger partial charge < -0.3 is 10.6 Å². The zero-order valence-electron chi connectivity index (χ0n) is 15.8. The monoisotopic (exact) mass is 377 g/mol. The highest BCUT2D eigenvalue weighted by atomic mass is 16.1. The van der Waals surface area contributed by atoms with Crippen molar-refractivity contribution < 1.29 is 9.89 Å². The number of aromatic amines is 2. The van der Waals surface area contributed by atoms with E-state index < -0.39 is 0 Å². The third-order valence-corrected chi connectivity index (χ3v) is 5.02. The molecule has 4 N–H and O–H groups in total. The van der Waals surface area contributed by atoms with Crippen LogP contribution in [0.15, 0.2) is 53.3 Å². The minimum atomic E-state index is -0.153. The summed E-state index contributed by atoms with van der Waals surface area (Å²) < 4.78 is 0. The summed E-state index contributed by atoms with van der Waals surface area (Å²) in [4.78, 5) is 24.3. The van der Waals surface area contributed by atoms with Crippen LogP contribution in [0.4, 0.5) is 5.69 Å². The van der Waals surface area contributed by atoms with Crippen LogP contribution < -0.4 is 21.3 Å². The molecule has 1 aliphatic carbocycles. The van der Waals surface area contributed by atoms with E-state index in [0.29, 0.717) is 11.8 Å². The Balaban J connectivity index is 1.42. The Morgan fingerprint density at radius 1 is 1.07 bits per heavy atom. The molecule has 1 fully saturated rings. The van der Waals surface area contributed by atoms with Crippen LogP contribution in [-0.2, 0) is 4.79 Å². The van der Waals surface area contributed by atoms with Gasteiger partial charge in [0.05, 0.1) is 16.3 Å². The number of carbonyl (C=O) groups is 1. The van der Waals surface area contributed by atoms with E-state index >= 15 is 0 Å². The second kappa shape index (κ2) is 8.35. The van der Waals surface area contributed by atoms with Crippen molar-refractivity contribution in [2.45, 2.75) is 38.1 Å². The maximum Gasteiger partial charge on any atom is 0.305 e. The van der Waals surface area contributed by atoms with Gasteiger partial charge in [-0.3, -0.25) is 9.59 Å². The average Bonchev–Trinajstić information content (AvgIpc) is 3.53. The summed E-state index contributed by atoms with van der Waals surface area (Å²) in [5.41, 5.74) is 2.32. The van der Waals surface area contributed by atoms with Gasteiger partial charge in [-0.25, -0.2) is 0 Å². The number of aromatic nitrogens is 2. The number of unbranched alkanes of at least 4 members (excludes halogenated alkanes) is 1. The lowest BCUT2D eigenvalue weighted by Gasteiger charge is -2.07. The SMILES string of the molecule is O=C(CCCCNC1CC1)Nc1cccc(-c2[nH+][nH]c(=O)c3ccccc23)c1. The fraction of sp³-hybridized carbons (Fsp3) is 0.318. The van der Waals surface area contributed by atoms with E-state index in [-0.39, 0.29) is 11.5 Å². The fourth-order valence-electron chi connectivity index (χ4n) is 3.36. The van der Waals surface area contributed by atoms with Crippen molar-refractivity contribution in [3.8, 4) is 11.3 Å². The zero-order valence-corrected chi connectivity index (χ0v) is 15.8. The summed E-state index contributed by atoms with van der Waals surface area (Å²) in [5.74, 6) is 0.0267. The van der Waals surface area contributed by atoms with E-state index in [2.05, 4.69) is 20.8 Å². The Bertz CT molecular complexity index is 1040. The third-order valence-electron chi connectivity index (χ3n) is 5.02. The molecular weight excluding hydrogens is 352 g/mol. The molecular formula is C22H25N4O2+. The predicted molar refractivity (Wildman–Crippen MR) is 110 cm³/mol. The predicted octanol–water partition coefficient (Wildman–Crippen LogP) is 2.87. The first kappa shape index (κ1) is 18.4. The molecule has 1 heterocycles. The molecule has 0 aliphatic heterocycles. The van der Waals surface area contributed by atoms with Gasteiger partial charge in [0.25, 0.3) is 0 Å². The van der Waals surface area contributed by atoms with Crippen molar-refractivity contribution in [2.75, 3.05) is 11.9 Å². The molecule has 28 heavy (non-hydrogen) atoms. The van der Waals surface area contributed by atoms with Crippen LogP contribution in [0.1, 0.15) is 32.1 Å². The number of carbonyl (C=O) groups excluding carboxylic acids is 1. The lowest BCUT2D eigenvalue weighted by Crippen LogP contribution is -2.23. The van der Waals surface area contributed by atoms with E-state index in [9.17, 15) is 9.59 Å². The topological polar surface area (TPSA) is 88.1 Å². The summed E-state index contributed by atoms with van der Waals surface area (Å²) >= 11 is 0. The van der Waals surface area contributed by atoms with Crippen molar-refractivity contribution in [3.63, 3.8) is 0 Å². The molecule has 0 spiro atoms. The molecule has 0 radical (unpaired) electrons. The van der Waals surface area contributed by atoms with Crippen molar-refractivity contribution in [1.29, 1.82) is 0 Å². The highest BCUT2D eigenvalue weighted by molar-refractivity contribution is 5.94. The first-order valence-electron chi connectivity index (χ1n) is 9.87. The number of H-pyrrole nitrogens is 2. The maximum atomic E-state index is 12.2. The fourth-order valence-corrected chi connectivity index (χ4v) is 3.36. The highest BCUT2D eigenvalue weighted by Crippen LogP contribution is 2.24. The van der Waals surface area contributed by atoms with Gasteiger partial charge in [0.2, 0.25) is 11.6 Å². The molecule has 4 rings (SSSR count). The van der Waals surface area contributed by atoms with Crippen LogP contribution in [0, 0.1) is 0 Å². The molecule has 1 amide bonds. The normalized spacial score (nSPS) is 13.6. The molecule has 144 valence electrons. The molecule has 2 aromatic carbocycles. The molecule has 0 atom stereocenters. The van der Waals surface area contributed by atoms with E-state index in [1.165, 1.54) is 12.8 Å². The van der Waals surface area contributed by atoms with Crippen LogP contribution >= 0.6 is 0 Å². The summed E-state index contributed by atoms with van der Waals surface area (Å²) in [7, 11) is 0. The molecule has 6 heteroatoms. The van der Waals surface area contributed by atoms with Crippen molar-refractivity contribution in [2.24, 2.45) is 0 Å². The first-order valence-corrected chi connectivity index (χ1v) is 9.87. The van der Waals surface area contributed by atoms with Crippen molar-refractivity contribution >= 4 is 22.4 Å². The van der Waals surface area contributed by atoms with Crippen LogP contribution in [0.5, 0.6) is 0 Å². The minimum Gasteiger partial charge on any atom is -0.326 e. The average molecular weight is 377 g/mol. The summed E-state index contributed by atoms with van der Waals surface area (Å²) in [5, 5.41) is 13.6. The number of rotatable bonds is 8. The quantitative estimate of drug-likeness (QED) is 0.528. The molecule has 0 saturated heterocycles. The standard InChI is InChI=1S/C22H24N4O2/c27-20(10-3-4-13-23-16-11-12-16)24-17-7-5-6-15(14-17)21-18-8-1-2-9-19(18)22(28)26-25-21/h1-2,5-9,14,16,23H,3-4,10-13H2,(H,24,27)(H,26,28)/p+1. The maximum absolute atomic E-state index is 12.2. The first-order chi connectivity index (χ1) is 13.7. The summed E-state index contributed by atoms with van der Waals surface area (Å²) in [6.45, 7) is 0.989. The molecule has 1 saturated carbocycles. The number of fused-ring (bicyclic) bond motifs is 1. The Morgan fingerprint density at radius 2 is 1.89 bits per heavy atom. The van der Waals surface area contributed by atoms with Gasteiger partial charge >= 0.3 is 5.56 Å². The lowest BCUT2D eigenvalue weighted by atomic mass is 10.0. The highest BCUT2D eigenvalue weighted by Gasteiger charge is 2.19. The Labute approximate surface area is 163 Å². The van der Waals surface area contributed by atoms with Gasteiger partial charge in [-0.05, 0) is 62.6 Å². The molecule has 3 aromatic rings. The lowest BCUT2D eigenvalue weighted by molar-refractivity contribution is -0.443. The van der Waals surface area contributed by atoms with Gasteiger partial charge in [0.1, 0.15) is 0 Å². The van der Waals surface area contributed by atoms with E-state index in [1.54, 1.807) is 6.07 Å². The number of hydrogen-bond donors (Lipinski definition) is 3. The molecule has 1 aliphatic rings. The number of amides is 1. The van der Waals surface area contributed by atoms with Gasteiger partial charge in [0.15, 0.2) is 0 Å². The summed E-state index contributed by atoms with van der Waals surface area (Å²) in [6, 6.07) is 15.8. The number of nitrogens with one attached hydrogen (secondary N) is 4. The second-order valence-electron chi connectivity index (χ2n) is 7.31. The van der Waals surface area contributed by atoms with Gasteiger partial charge in [-0.1, -0.05) is 18.2 Å². The largest absolute Gasteiger partial charge is 0.326 e. The van der Waals surface area contributed by atoms with E-state index in [0.717, 1.165) is 47.8 Å². The van der Waals surface area contributed by atoms with Crippen LogP contribution in [0.2, 0.25) is 0 Å². The zero-order chi connectivity index (χ0) is 19.3. The van der Waals surface area contributed by atoms with Crippen LogP contribution in [-0.4, -0.2) is 23.6 Å². The number of benzene rings is 2. The van der Waals surface area contributed by atoms with Gasteiger partial charge in [-0.2, -0.15) is 0 Å². The molecule has 6 nitrogen and oxygen atoms in total. The number of anilines is 1. The van der Waals surface area contributed by atoms with E-state index in [1.807, 2.05) is 42.5 Å². The summed E-state index contributed by atoms with van der Waals surface area (Å²) in [6.07, 6.45) is 4.99. The van der Waals surface area contributed by atoms with Crippen molar-refractivity contribution in [3.05, 3.63) is 58.9 Å². The Hall–Kier alpha value is -2.99. The van der Waals surface area contributed by atoms with Gasteiger partial charge in [-0.15, -0.1) is 10.2 Å². The third kappa shape index (κ3) is 4.46. The molecule has 0 bridgehead atoms. The van der Waals surface area contributed by atoms with Gasteiger partial charge in [0, 0.05) is 18.2 Å². The van der Waals surface area contributed by atoms with E-state index in [4.69, 9.17) is 0 Å². The van der Waals surface area contributed by atoms with Crippen LogP contribution in [0.25, 0.3) is 22.0 Å². The van der Waals surface area contributed by atoms with Crippen LogP contribution in [0.3, 0.4) is 0 Å². The Morgan fingerprint density at radius 3 is 2.71 bits per heavy atom. The molecule has 1 aromatic heterocycles. The number of hydrogen-bond acceptors (Lipinski definition) is 3. The Kier molecular flexibility index (Phi) is 5.48. The van der Waals surface area contributed by atoms with Crippen molar-refractivity contribution in [1.82, 2.24) is 10.4 Å². The molecule has 0 unspecified atom stereocenters. The minimum absolute atomic E-state index is 0.0267. The smallest absolute Gasteiger partial charge is 0.305 e. The second-order valence-corrected chi connectivity index (χ2v) is 7.31.